The van der Waals surface area contributed by atoms with E-state index in [1.54, 1.807) is 14.1 Å². The van der Waals surface area contributed by atoms with Crippen molar-refractivity contribution in [2.75, 3.05) is 51.4 Å². The zero-order valence-corrected chi connectivity index (χ0v) is 14.0. The van der Waals surface area contributed by atoms with Gasteiger partial charge in [0.2, 0.25) is 5.91 Å². The Morgan fingerprint density at radius 1 is 1.19 bits per heavy atom. The Morgan fingerprint density at radius 2 is 1.81 bits per heavy atom. The summed E-state index contributed by atoms with van der Waals surface area (Å²) in [5.74, 6) is -0.159. The van der Waals surface area contributed by atoms with Crippen molar-refractivity contribution in [3.63, 3.8) is 0 Å². The summed E-state index contributed by atoms with van der Waals surface area (Å²) in [5.41, 5.74) is 5.85. The lowest BCUT2D eigenvalue weighted by Crippen LogP contribution is -2.40. The number of hydrogen-bond donors (Lipinski definition) is 1. The Bertz CT molecular complexity index is 515. The van der Waals surface area contributed by atoms with E-state index in [0.717, 1.165) is 6.54 Å². The summed E-state index contributed by atoms with van der Waals surface area (Å²) in [6.45, 7) is 5.08. The largest absolute Gasteiger partial charge is 0.382 e. The zero-order chi connectivity index (χ0) is 16.2. The zero-order valence-electron chi connectivity index (χ0n) is 13.2. The molecule has 21 heavy (non-hydrogen) atoms. The molecule has 0 fully saturated rings. The number of carbonyl (C=O) groups is 2. The van der Waals surface area contributed by atoms with Gasteiger partial charge in [-0.3, -0.25) is 9.59 Å². The lowest BCUT2D eigenvalue weighted by atomic mass is 10.3. The molecule has 0 radical (unpaired) electrons. The first-order chi connectivity index (χ1) is 9.81. The maximum Gasteiger partial charge on any atom is 0.268 e. The number of nitrogen functional groups attached to an aromatic ring is 1. The van der Waals surface area contributed by atoms with Crippen molar-refractivity contribution in [3.8, 4) is 0 Å². The van der Waals surface area contributed by atoms with E-state index in [2.05, 4.69) is 4.98 Å². The van der Waals surface area contributed by atoms with E-state index in [0.29, 0.717) is 16.6 Å². The normalized spacial score (nSPS) is 10.3. The third kappa shape index (κ3) is 4.07. The van der Waals surface area contributed by atoms with Gasteiger partial charge in [-0.25, -0.2) is 4.98 Å². The van der Waals surface area contributed by atoms with E-state index in [1.807, 2.05) is 25.8 Å². The van der Waals surface area contributed by atoms with E-state index in [9.17, 15) is 9.59 Å². The molecule has 0 aromatic carbocycles. The van der Waals surface area contributed by atoms with Gasteiger partial charge in [0.05, 0.1) is 0 Å². The first kappa shape index (κ1) is 17.2. The summed E-state index contributed by atoms with van der Waals surface area (Å²) < 4.78 is 0. The number of anilines is 2. The molecule has 7 nitrogen and oxygen atoms in total. The van der Waals surface area contributed by atoms with Crippen LogP contribution in [0.25, 0.3) is 0 Å². The third-order valence-corrected chi connectivity index (χ3v) is 4.30. The van der Waals surface area contributed by atoms with Crippen LogP contribution in [0.5, 0.6) is 0 Å². The molecule has 0 atom stereocenters. The quantitative estimate of drug-likeness (QED) is 0.837. The van der Waals surface area contributed by atoms with Crippen LogP contribution in [-0.2, 0) is 4.79 Å². The van der Waals surface area contributed by atoms with Crippen molar-refractivity contribution in [1.82, 2.24) is 14.8 Å². The van der Waals surface area contributed by atoms with Gasteiger partial charge in [0.25, 0.3) is 5.91 Å². The van der Waals surface area contributed by atoms with Gasteiger partial charge in [-0.1, -0.05) is 11.3 Å². The minimum atomic E-state index is -0.251. The Hall–Kier alpha value is -1.83. The highest BCUT2D eigenvalue weighted by Crippen LogP contribution is 2.28. The van der Waals surface area contributed by atoms with Crippen molar-refractivity contribution < 1.29 is 9.59 Å². The summed E-state index contributed by atoms with van der Waals surface area (Å²) in [7, 11) is 5.21. The number of thiazole rings is 1. The van der Waals surface area contributed by atoms with Crippen LogP contribution in [0.3, 0.4) is 0 Å². The van der Waals surface area contributed by atoms with Crippen LogP contribution < -0.4 is 10.6 Å². The molecular formula is C13H23N5O2S. The van der Waals surface area contributed by atoms with Crippen molar-refractivity contribution in [1.29, 1.82) is 0 Å². The molecule has 0 saturated heterocycles. The molecule has 8 heteroatoms. The summed E-state index contributed by atoms with van der Waals surface area (Å²) in [6.07, 6.45) is 0. The van der Waals surface area contributed by atoms with Crippen LogP contribution in [0.2, 0.25) is 0 Å². The average Bonchev–Trinajstić information content (AvgIpc) is 2.84. The van der Waals surface area contributed by atoms with Crippen LogP contribution in [0.15, 0.2) is 0 Å². The van der Waals surface area contributed by atoms with Gasteiger partial charge in [0, 0.05) is 34.2 Å². The second kappa shape index (κ2) is 7.26. The summed E-state index contributed by atoms with van der Waals surface area (Å²) >= 11 is 1.25. The average molecular weight is 313 g/mol. The maximum atomic E-state index is 12.5. The van der Waals surface area contributed by atoms with Gasteiger partial charge in [-0.05, 0) is 13.8 Å². The minimum absolute atomic E-state index is 0.0403. The predicted molar refractivity (Wildman–Crippen MR) is 85.7 cm³/mol. The van der Waals surface area contributed by atoms with Crippen LogP contribution in [0.4, 0.5) is 10.9 Å². The lowest BCUT2D eigenvalue weighted by Gasteiger charge is -2.21. The fourth-order valence-electron chi connectivity index (χ4n) is 1.55. The van der Waals surface area contributed by atoms with Crippen LogP contribution >= 0.6 is 11.3 Å². The Morgan fingerprint density at radius 3 is 2.29 bits per heavy atom. The monoisotopic (exact) mass is 313 g/mol. The second-order valence-corrected chi connectivity index (χ2v) is 5.81. The summed E-state index contributed by atoms with van der Waals surface area (Å²) in [6, 6.07) is 0. The molecule has 0 aliphatic heterocycles. The number of likely N-dealkylation sites (N-methyl/N-ethyl adjacent to an activating group) is 2. The highest BCUT2D eigenvalue weighted by Gasteiger charge is 2.24. The number of hydrogen-bond acceptors (Lipinski definition) is 6. The molecule has 0 spiro atoms. The molecule has 2 amide bonds. The summed E-state index contributed by atoms with van der Waals surface area (Å²) in [4.78, 5) is 33.7. The van der Waals surface area contributed by atoms with E-state index in [4.69, 9.17) is 5.73 Å². The van der Waals surface area contributed by atoms with Crippen molar-refractivity contribution in [2.45, 2.75) is 13.8 Å². The van der Waals surface area contributed by atoms with Crippen LogP contribution in [-0.4, -0.2) is 67.4 Å². The Labute approximate surface area is 129 Å². The lowest BCUT2D eigenvalue weighted by molar-refractivity contribution is -0.129. The number of nitrogens with two attached hydrogens (primary N) is 1. The molecule has 118 valence electrons. The van der Waals surface area contributed by atoms with Crippen LogP contribution in [0, 0.1) is 0 Å². The first-order valence-electron chi connectivity index (χ1n) is 6.78. The topological polar surface area (TPSA) is 82.8 Å². The van der Waals surface area contributed by atoms with E-state index in [-0.39, 0.29) is 24.2 Å². The minimum Gasteiger partial charge on any atom is -0.382 e. The highest BCUT2D eigenvalue weighted by atomic mass is 32.1. The fourth-order valence-corrected chi connectivity index (χ4v) is 2.53. The fraction of sp³-hybridized carbons (Fsp3) is 0.615. The van der Waals surface area contributed by atoms with E-state index in [1.165, 1.54) is 21.1 Å². The van der Waals surface area contributed by atoms with Gasteiger partial charge in [-0.2, -0.15) is 0 Å². The van der Waals surface area contributed by atoms with Crippen molar-refractivity contribution in [2.24, 2.45) is 0 Å². The predicted octanol–water partition coefficient (Wildman–Crippen LogP) is 0.732. The maximum absolute atomic E-state index is 12.5. The second-order valence-electron chi connectivity index (χ2n) is 4.83. The van der Waals surface area contributed by atoms with Crippen molar-refractivity contribution >= 4 is 34.1 Å². The van der Waals surface area contributed by atoms with Gasteiger partial charge < -0.3 is 20.4 Å². The molecule has 0 saturated carbocycles. The molecule has 1 aromatic heterocycles. The number of amides is 2. The third-order valence-electron chi connectivity index (χ3n) is 3.13. The van der Waals surface area contributed by atoms with E-state index < -0.39 is 0 Å². The molecular weight excluding hydrogens is 290 g/mol. The van der Waals surface area contributed by atoms with Gasteiger partial charge >= 0.3 is 0 Å². The Kier molecular flexibility index (Phi) is 5.95. The van der Waals surface area contributed by atoms with Crippen molar-refractivity contribution in [3.05, 3.63) is 4.88 Å². The highest BCUT2D eigenvalue weighted by molar-refractivity contribution is 7.18. The number of nitrogens with zero attached hydrogens (tertiary/aromatic N) is 4. The molecule has 0 bridgehead atoms. The molecule has 0 aliphatic carbocycles. The smallest absolute Gasteiger partial charge is 0.268 e. The number of aromatic nitrogens is 1. The molecule has 0 unspecified atom stereocenters. The van der Waals surface area contributed by atoms with Gasteiger partial charge in [0.1, 0.15) is 17.2 Å². The Balaban J connectivity index is 2.95. The standard InChI is InChI=1S/C13H23N5O2S/c1-6-17(5)13-15-11(14)10(21-13)12(20)18(7-2)8-9(19)16(3)4/h6-8,14H2,1-5H3. The SMILES string of the molecule is CCN(CC(=O)N(C)C)C(=O)c1sc(N(C)CC)nc1N. The molecule has 0 aliphatic rings. The molecule has 1 aromatic rings. The first-order valence-corrected chi connectivity index (χ1v) is 7.60. The van der Waals surface area contributed by atoms with Gasteiger partial charge in [-0.15, -0.1) is 0 Å². The molecule has 2 N–H and O–H groups in total. The van der Waals surface area contributed by atoms with Gasteiger partial charge in [0.15, 0.2) is 5.13 Å². The number of rotatable bonds is 6. The van der Waals surface area contributed by atoms with Crippen LogP contribution in [0.1, 0.15) is 23.5 Å². The summed E-state index contributed by atoms with van der Waals surface area (Å²) in [5, 5.41) is 0.702. The number of carbonyl (C=O) groups excluding carboxylic acids is 2. The molecule has 1 rings (SSSR count). The molecule has 1 heterocycles. The van der Waals surface area contributed by atoms with E-state index >= 15 is 0 Å².